The zero-order valence-corrected chi connectivity index (χ0v) is 8.58. The molecule has 0 aromatic carbocycles. The molecule has 0 aromatic rings. The van der Waals surface area contributed by atoms with Gasteiger partial charge in [-0.3, -0.25) is 0 Å². The molecule has 1 spiro atoms. The van der Waals surface area contributed by atoms with E-state index >= 15 is 0 Å². The maximum Gasteiger partial charge on any atom is 0.170 e. The molecule has 2 fully saturated rings. The molecule has 2 rings (SSSR count). The summed E-state index contributed by atoms with van der Waals surface area (Å²) in [5.41, 5.74) is 0. The van der Waals surface area contributed by atoms with Crippen molar-refractivity contribution < 1.29 is 9.47 Å². The first-order chi connectivity index (χ1) is 6.22. The molecule has 3 heteroatoms. The molecular weight excluding hydrogens is 166 g/mol. The fourth-order valence-electron chi connectivity index (χ4n) is 2.17. The van der Waals surface area contributed by atoms with Gasteiger partial charge in [0.1, 0.15) is 0 Å². The highest BCUT2D eigenvalue weighted by Gasteiger charge is 2.39. The van der Waals surface area contributed by atoms with Crippen molar-refractivity contribution in [1.82, 2.24) is 4.90 Å². The highest BCUT2D eigenvalue weighted by Crippen LogP contribution is 2.31. The lowest BCUT2D eigenvalue weighted by molar-refractivity contribution is -0.187. The van der Waals surface area contributed by atoms with Crippen molar-refractivity contribution in [3.8, 4) is 0 Å². The number of hydrogen-bond acceptors (Lipinski definition) is 3. The molecule has 0 aliphatic carbocycles. The van der Waals surface area contributed by atoms with Gasteiger partial charge in [0.15, 0.2) is 5.79 Å². The summed E-state index contributed by atoms with van der Waals surface area (Å²) in [6, 6.07) is 0.652. The van der Waals surface area contributed by atoms with Crippen LogP contribution in [-0.2, 0) is 9.47 Å². The van der Waals surface area contributed by atoms with Crippen LogP contribution in [-0.4, -0.2) is 43.0 Å². The molecule has 2 aliphatic rings. The maximum atomic E-state index is 5.66. The number of hydrogen-bond donors (Lipinski definition) is 0. The van der Waals surface area contributed by atoms with E-state index in [0.717, 1.165) is 39.1 Å². The zero-order chi connectivity index (χ0) is 9.31. The van der Waals surface area contributed by atoms with Crippen LogP contribution in [0.15, 0.2) is 0 Å². The minimum Gasteiger partial charge on any atom is -0.347 e. The number of nitrogens with zero attached hydrogens (tertiary/aromatic N) is 1. The Morgan fingerprint density at radius 1 is 1.08 bits per heavy atom. The Balaban J connectivity index is 1.88. The normalized spacial score (nSPS) is 28.8. The summed E-state index contributed by atoms with van der Waals surface area (Å²) in [7, 11) is 0. The SMILES string of the molecule is CC(C)N1CCC2(CC1)OCCO2. The van der Waals surface area contributed by atoms with E-state index in [4.69, 9.17) is 9.47 Å². The average molecular weight is 185 g/mol. The van der Waals surface area contributed by atoms with Gasteiger partial charge in [-0.2, -0.15) is 0 Å². The third-order valence-electron chi connectivity index (χ3n) is 3.10. The molecule has 13 heavy (non-hydrogen) atoms. The van der Waals surface area contributed by atoms with E-state index in [1.54, 1.807) is 0 Å². The minimum atomic E-state index is -0.203. The Hall–Kier alpha value is -0.120. The van der Waals surface area contributed by atoms with Crippen LogP contribution in [0.1, 0.15) is 26.7 Å². The van der Waals surface area contributed by atoms with E-state index in [2.05, 4.69) is 18.7 Å². The summed E-state index contributed by atoms with van der Waals surface area (Å²) in [4.78, 5) is 2.48. The quantitative estimate of drug-likeness (QED) is 0.613. The molecule has 76 valence electrons. The third kappa shape index (κ3) is 1.87. The molecule has 0 radical (unpaired) electrons. The van der Waals surface area contributed by atoms with Crippen LogP contribution >= 0.6 is 0 Å². The molecule has 0 aromatic heterocycles. The van der Waals surface area contributed by atoms with Crippen molar-refractivity contribution in [2.45, 2.75) is 38.5 Å². The Labute approximate surface area is 80.0 Å². The van der Waals surface area contributed by atoms with E-state index in [0.29, 0.717) is 6.04 Å². The fourth-order valence-corrected chi connectivity index (χ4v) is 2.17. The summed E-state index contributed by atoms with van der Waals surface area (Å²) >= 11 is 0. The lowest BCUT2D eigenvalue weighted by atomic mass is 10.0. The molecule has 0 bridgehead atoms. The van der Waals surface area contributed by atoms with Crippen LogP contribution in [0, 0.1) is 0 Å². The van der Waals surface area contributed by atoms with Gasteiger partial charge >= 0.3 is 0 Å². The van der Waals surface area contributed by atoms with E-state index in [1.165, 1.54) is 0 Å². The molecule has 2 saturated heterocycles. The monoisotopic (exact) mass is 185 g/mol. The zero-order valence-electron chi connectivity index (χ0n) is 8.58. The van der Waals surface area contributed by atoms with Crippen molar-refractivity contribution in [2.24, 2.45) is 0 Å². The predicted octanol–water partition coefficient (Wildman–Crippen LogP) is 1.23. The number of likely N-dealkylation sites (tertiary alicyclic amines) is 1. The second-order valence-corrected chi connectivity index (χ2v) is 4.24. The highest BCUT2D eigenvalue weighted by atomic mass is 16.7. The molecule has 3 nitrogen and oxygen atoms in total. The molecule has 0 saturated carbocycles. The van der Waals surface area contributed by atoms with Crippen LogP contribution in [0.3, 0.4) is 0 Å². The summed E-state index contributed by atoms with van der Waals surface area (Å²) in [5.74, 6) is -0.203. The molecule has 2 heterocycles. The van der Waals surface area contributed by atoms with Gasteiger partial charge in [0, 0.05) is 32.0 Å². The fraction of sp³-hybridized carbons (Fsp3) is 1.00. The minimum absolute atomic E-state index is 0.203. The van der Waals surface area contributed by atoms with Gasteiger partial charge in [-0.05, 0) is 13.8 Å². The first-order valence-electron chi connectivity index (χ1n) is 5.24. The van der Waals surface area contributed by atoms with Gasteiger partial charge in [0.25, 0.3) is 0 Å². The third-order valence-corrected chi connectivity index (χ3v) is 3.10. The Kier molecular flexibility index (Phi) is 2.58. The summed E-state index contributed by atoms with van der Waals surface area (Å²) in [6.07, 6.45) is 2.07. The Morgan fingerprint density at radius 3 is 2.08 bits per heavy atom. The van der Waals surface area contributed by atoms with Crippen molar-refractivity contribution >= 4 is 0 Å². The smallest absolute Gasteiger partial charge is 0.170 e. The van der Waals surface area contributed by atoms with Crippen molar-refractivity contribution in [3.63, 3.8) is 0 Å². The second kappa shape index (κ2) is 3.56. The standard InChI is InChI=1S/C10H19NO2/c1-9(2)11-5-3-10(4-6-11)12-7-8-13-10/h9H,3-8H2,1-2H3. The highest BCUT2D eigenvalue weighted by molar-refractivity contribution is 4.83. The number of rotatable bonds is 1. The summed E-state index contributed by atoms with van der Waals surface area (Å²) in [5, 5.41) is 0. The van der Waals surface area contributed by atoms with Gasteiger partial charge in [-0.15, -0.1) is 0 Å². The molecular formula is C10H19NO2. The van der Waals surface area contributed by atoms with Crippen LogP contribution < -0.4 is 0 Å². The Bertz CT molecular complexity index is 166. The van der Waals surface area contributed by atoms with Gasteiger partial charge in [-0.1, -0.05) is 0 Å². The molecule has 2 aliphatic heterocycles. The molecule has 0 N–H and O–H groups in total. The van der Waals surface area contributed by atoms with Crippen LogP contribution in [0.25, 0.3) is 0 Å². The van der Waals surface area contributed by atoms with Crippen LogP contribution in [0.4, 0.5) is 0 Å². The maximum absolute atomic E-state index is 5.66. The summed E-state index contributed by atoms with van der Waals surface area (Å²) in [6.45, 7) is 8.27. The van der Waals surface area contributed by atoms with Crippen molar-refractivity contribution in [1.29, 1.82) is 0 Å². The molecule has 0 unspecified atom stereocenters. The van der Waals surface area contributed by atoms with E-state index in [1.807, 2.05) is 0 Å². The Morgan fingerprint density at radius 2 is 1.62 bits per heavy atom. The second-order valence-electron chi connectivity index (χ2n) is 4.24. The lowest BCUT2D eigenvalue weighted by Crippen LogP contribution is -2.47. The lowest BCUT2D eigenvalue weighted by Gasteiger charge is -2.39. The topological polar surface area (TPSA) is 21.7 Å². The first-order valence-corrected chi connectivity index (χ1v) is 5.24. The van der Waals surface area contributed by atoms with Gasteiger partial charge in [-0.25, -0.2) is 0 Å². The number of ether oxygens (including phenoxy) is 2. The molecule has 0 atom stereocenters. The van der Waals surface area contributed by atoms with Crippen molar-refractivity contribution in [3.05, 3.63) is 0 Å². The van der Waals surface area contributed by atoms with E-state index in [-0.39, 0.29) is 5.79 Å². The van der Waals surface area contributed by atoms with E-state index < -0.39 is 0 Å². The number of piperidine rings is 1. The predicted molar refractivity (Wildman–Crippen MR) is 50.6 cm³/mol. The van der Waals surface area contributed by atoms with Crippen LogP contribution in [0.5, 0.6) is 0 Å². The van der Waals surface area contributed by atoms with E-state index in [9.17, 15) is 0 Å². The average Bonchev–Trinajstić information content (AvgIpc) is 2.54. The van der Waals surface area contributed by atoms with Crippen LogP contribution in [0.2, 0.25) is 0 Å². The molecule has 0 amide bonds. The van der Waals surface area contributed by atoms with Gasteiger partial charge in [0.2, 0.25) is 0 Å². The summed E-state index contributed by atoms with van der Waals surface area (Å²) < 4.78 is 11.3. The van der Waals surface area contributed by atoms with Gasteiger partial charge < -0.3 is 14.4 Å². The largest absolute Gasteiger partial charge is 0.347 e. The first kappa shape index (κ1) is 9.44. The van der Waals surface area contributed by atoms with Gasteiger partial charge in [0.05, 0.1) is 13.2 Å². The van der Waals surface area contributed by atoms with Crippen molar-refractivity contribution in [2.75, 3.05) is 26.3 Å².